The molecule has 0 aromatic rings. The SMILES string of the molecule is CCC(C)(CNC(=O)N(C)C1CCCC(C)C1)C(=O)O. The van der Waals surface area contributed by atoms with E-state index in [-0.39, 0.29) is 18.6 Å². The Labute approximate surface area is 121 Å². The van der Waals surface area contributed by atoms with Crippen molar-refractivity contribution in [3.05, 3.63) is 0 Å². The van der Waals surface area contributed by atoms with Gasteiger partial charge in [0.2, 0.25) is 0 Å². The zero-order chi connectivity index (χ0) is 15.3. The van der Waals surface area contributed by atoms with Gasteiger partial charge in [-0.3, -0.25) is 4.79 Å². The van der Waals surface area contributed by atoms with Crippen LogP contribution < -0.4 is 5.32 Å². The summed E-state index contributed by atoms with van der Waals surface area (Å²) in [7, 11) is 1.81. The molecular weight excluding hydrogens is 256 g/mol. The Morgan fingerprint density at radius 1 is 1.40 bits per heavy atom. The third-order valence-electron chi connectivity index (χ3n) is 4.70. The van der Waals surface area contributed by atoms with E-state index < -0.39 is 11.4 Å². The van der Waals surface area contributed by atoms with Gasteiger partial charge in [-0.15, -0.1) is 0 Å². The third-order valence-corrected chi connectivity index (χ3v) is 4.70. The van der Waals surface area contributed by atoms with E-state index in [2.05, 4.69) is 12.2 Å². The second kappa shape index (κ2) is 6.95. The van der Waals surface area contributed by atoms with Crippen LogP contribution in [0.2, 0.25) is 0 Å². The second-order valence-electron chi connectivity index (χ2n) is 6.41. The normalized spacial score (nSPS) is 25.6. The summed E-state index contributed by atoms with van der Waals surface area (Å²) in [6, 6.07) is 0.112. The number of carboxylic acid groups (broad SMARTS) is 1. The average Bonchev–Trinajstić information content (AvgIpc) is 2.43. The number of hydrogen-bond acceptors (Lipinski definition) is 2. The molecule has 0 bridgehead atoms. The second-order valence-corrected chi connectivity index (χ2v) is 6.41. The number of hydrogen-bond donors (Lipinski definition) is 2. The van der Waals surface area contributed by atoms with Crippen molar-refractivity contribution in [3.63, 3.8) is 0 Å². The van der Waals surface area contributed by atoms with Crippen molar-refractivity contribution in [1.82, 2.24) is 10.2 Å². The number of carboxylic acids is 1. The van der Waals surface area contributed by atoms with Crippen molar-refractivity contribution in [2.24, 2.45) is 11.3 Å². The fourth-order valence-electron chi connectivity index (χ4n) is 2.67. The van der Waals surface area contributed by atoms with Gasteiger partial charge in [-0.2, -0.15) is 0 Å². The molecule has 2 amide bonds. The summed E-state index contributed by atoms with van der Waals surface area (Å²) in [6.45, 7) is 5.88. The number of urea groups is 1. The molecule has 0 heterocycles. The smallest absolute Gasteiger partial charge is 0.317 e. The highest BCUT2D eigenvalue weighted by molar-refractivity contribution is 5.77. The number of rotatable bonds is 5. The topological polar surface area (TPSA) is 69.6 Å². The predicted octanol–water partition coefficient (Wildman–Crippen LogP) is 2.71. The Balaban J connectivity index is 2.51. The largest absolute Gasteiger partial charge is 0.481 e. The van der Waals surface area contributed by atoms with E-state index in [0.717, 1.165) is 19.3 Å². The lowest BCUT2D eigenvalue weighted by molar-refractivity contribution is -0.147. The first-order valence-corrected chi connectivity index (χ1v) is 7.54. The Morgan fingerprint density at radius 3 is 2.55 bits per heavy atom. The summed E-state index contributed by atoms with van der Waals surface area (Å²) in [5.74, 6) is -0.210. The zero-order valence-electron chi connectivity index (χ0n) is 13.1. The summed E-state index contributed by atoms with van der Waals surface area (Å²) in [4.78, 5) is 25.1. The van der Waals surface area contributed by atoms with Crippen molar-refractivity contribution >= 4 is 12.0 Å². The van der Waals surface area contributed by atoms with E-state index in [1.807, 2.05) is 14.0 Å². The molecule has 1 aliphatic carbocycles. The lowest BCUT2D eigenvalue weighted by Crippen LogP contribution is -2.49. The van der Waals surface area contributed by atoms with Gasteiger partial charge in [-0.25, -0.2) is 4.79 Å². The fraction of sp³-hybridized carbons (Fsp3) is 0.867. The lowest BCUT2D eigenvalue weighted by atomic mass is 9.86. The minimum absolute atomic E-state index is 0.162. The number of nitrogens with one attached hydrogen (secondary N) is 1. The van der Waals surface area contributed by atoms with Crippen LogP contribution in [-0.2, 0) is 4.79 Å². The molecular formula is C15H28N2O3. The fourth-order valence-corrected chi connectivity index (χ4v) is 2.67. The Bertz CT molecular complexity index is 359. The Hall–Kier alpha value is -1.26. The zero-order valence-corrected chi connectivity index (χ0v) is 13.1. The van der Waals surface area contributed by atoms with Crippen LogP contribution in [0.4, 0.5) is 4.79 Å². The summed E-state index contributed by atoms with van der Waals surface area (Å²) < 4.78 is 0. The van der Waals surface area contributed by atoms with Crippen molar-refractivity contribution < 1.29 is 14.7 Å². The van der Waals surface area contributed by atoms with Crippen LogP contribution in [0.15, 0.2) is 0 Å². The molecule has 0 aromatic heterocycles. The van der Waals surface area contributed by atoms with Crippen molar-refractivity contribution in [1.29, 1.82) is 0 Å². The molecule has 5 heteroatoms. The van der Waals surface area contributed by atoms with E-state index in [4.69, 9.17) is 0 Å². The van der Waals surface area contributed by atoms with Crippen LogP contribution in [0, 0.1) is 11.3 Å². The van der Waals surface area contributed by atoms with E-state index in [9.17, 15) is 14.7 Å². The summed E-state index contributed by atoms with van der Waals surface area (Å²) in [6.07, 6.45) is 4.96. The molecule has 0 radical (unpaired) electrons. The minimum atomic E-state index is -0.893. The van der Waals surface area contributed by atoms with Crippen molar-refractivity contribution in [3.8, 4) is 0 Å². The van der Waals surface area contributed by atoms with Crippen LogP contribution in [0.3, 0.4) is 0 Å². The number of carbonyl (C=O) groups is 2. The molecule has 5 nitrogen and oxygen atoms in total. The summed E-state index contributed by atoms with van der Waals surface area (Å²) in [5.41, 5.74) is -0.893. The molecule has 0 spiro atoms. The van der Waals surface area contributed by atoms with Crippen molar-refractivity contribution in [2.45, 2.75) is 58.9 Å². The highest BCUT2D eigenvalue weighted by atomic mass is 16.4. The average molecular weight is 284 g/mol. The third kappa shape index (κ3) is 4.12. The van der Waals surface area contributed by atoms with Gasteiger partial charge in [0, 0.05) is 19.6 Å². The van der Waals surface area contributed by atoms with Crippen LogP contribution in [0.25, 0.3) is 0 Å². The first-order valence-electron chi connectivity index (χ1n) is 7.54. The molecule has 1 saturated carbocycles. The highest BCUT2D eigenvalue weighted by Crippen LogP contribution is 2.27. The van der Waals surface area contributed by atoms with Gasteiger partial charge in [0.05, 0.1) is 5.41 Å². The maximum absolute atomic E-state index is 12.2. The van der Waals surface area contributed by atoms with Crippen LogP contribution >= 0.6 is 0 Å². The lowest BCUT2D eigenvalue weighted by Gasteiger charge is -2.35. The van der Waals surface area contributed by atoms with Crippen LogP contribution in [0.1, 0.15) is 52.9 Å². The quantitative estimate of drug-likeness (QED) is 0.815. The van der Waals surface area contributed by atoms with E-state index >= 15 is 0 Å². The minimum Gasteiger partial charge on any atom is -0.481 e. The summed E-state index contributed by atoms with van der Waals surface area (Å²) >= 11 is 0. The van der Waals surface area contributed by atoms with Gasteiger partial charge in [-0.05, 0) is 32.1 Å². The number of amides is 2. The van der Waals surface area contributed by atoms with Gasteiger partial charge in [-0.1, -0.05) is 26.7 Å². The molecule has 1 aliphatic rings. The standard InChI is InChI=1S/C15H28N2O3/c1-5-15(3,13(18)19)10-16-14(20)17(4)12-8-6-7-11(2)9-12/h11-12H,5-10H2,1-4H3,(H,16,20)(H,18,19). The van der Waals surface area contributed by atoms with E-state index in [1.165, 1.54) is 6.42 Å². The van der Waals surface area contributed by atoms with Gasteiger partial charge < -0.3 is 15.3 Å². The number of aliphatic carboxylic acids is 1. The monoisotopic (exact) mass is 284 g/mol. The van der Waals surface area contributed by atoms with Crippen LogP contribution in [-0.4, -0.2) is 41.6 Å². The molecule has 3 atom stereocenters. The first kappa shape index (κ1) is 16.8. The molecule has 1 rings (SSSR count). The number of nitrogens with zero attached hydrogens (tertiary/aromatic N) is 1. The maximum Gasteiger partial charge on any atom is 0.317 e. The molecule has 3 unspecified atom stereocenters. The van der Waals surface area contributed by atoms with Gasteiger partial charge in [0.15, 0.2) is 0 Å². The van der Waals surface area contributed by atoms with E-state index in [1.54, 1.807) is 11.8 Å². The van der Waals surface area contributed by atoms with Crippen LogP contribution in [0.5, 0.6) is 0 Å². The van der Waals surface area contributed by atoms with Crippen molar-refractivity contribution in [2.75, 3.05) is 13.6 Å². The van der Waals surface area contributed by atoms with E-state index in [0.29, 0.717) is 12.3 Å². The molecule has 0 aromatic carbocycles. The molecule has 2 N–H and O–H groups in total. The maximum atomic E-state index is 12.2. The molecule has 1 fully saturated rings. The molecule has 20 heavy (non-hydrogen) atoms. The first-order chi connectivity index (χ1) is 9.30. The molecule has 0 aliphatic heterocycles. The van der Waals surface area contributed by atoms with Gasteiger partial charge in [0.25, 0.3) is 0 Å². The Kier molecular flexibility index (Phi) is 5.84. The number of carbonyl (C=O) groups excluding carboxylic acids is 1. The summed E-state index contributed by atoms with van der Waals surface area (Å²) in [5, 5.41) is 12.0. The predicted molar refractivity (Wildman–Crippen MR) is 78.6 cm³/mol. The Morgan fingerprint density at radius 2 is 2.05 bits per heavy atom. The van der Waals surface area contributed by atoms with Gasteiger partial charge in [0.1, 0.15) is 0 Å². The molecule has 0 saturated heterocycles. The van der Waals surface area contributed by atoms with Gasteiger partial charge >= 0.3 is 12.0 Å². The highest BCUT2D eigenvalue weighted by Gasteiger charge is 2.32. The molecule has 116 valence electrons.